The number of hydrogen-bond donors (Lipinski definition) is 2. The molecule has 0 heterocycles. The van der Waals surface area contributed by atoms with Gasteiger partial charge in [0.25, 0.3) is 0 Å². The first kappa shape index (κ1) is 27.6. The van der Waals surface area contributed by atoms with Gasteiger partial charge in [0.15, 0.2) is 0 Å². The van der Waals surface area contributed by atoms with Crippen LogP contribution in [0.25, 0.3) is 0 Å². The maximum atomic E-state index is 12.0. The Morgan fingerprint density at radius 2 is 1.15 bits per heavy atom. The zero-order valence-electron chi connectivity index (χ0n) is 15.7. The van der Waals surface area contributed by atoms with Gasteiger partial charge in [0.05, 0.1) is 6.42 Å². The molecule has 0 radical (unpaired) electrons. The quantitative estimate of drug-likeness (QED) is 0.297. The molecule has 0 aliphatic carbocycles. The van der Waals surface area contributed by atoms with E-state index >= 15 is 0 Å². The predicted molar refractivity (Wildman–Crippen MR) is 105 cm³/mol. The van der Waals surface area contributed by atoms with Crippen LogP contribution < -0.4 is 0 Å². The Kier molecular flexibility index (Phi) is 20.4. The van der Waals surface area contributed by atoms with Gasteiger partial charge in [-0.25, -0.2) is 0 Å². The first-order valence-electron chi connectivity index (χ1n) is 9.68. The van der Waals surface area contributed by atoms with Crippen LogP contribution >= 0.6 is 0 Å². The minimum atomic E-state index is -1.11. The molecule has 0 bridgehead atoms. The first-order valence-corrected chi connectivity index (χ1v) is 9.68. The fraction of sp³-hybridized carbons (Fsp3) is 0.842. The molecule has 0 aliphatic rings. The van der Waals surface area contributed by atoms with E-state index in [1.807, 2.05) is 0 Å². The molecule has 0 aliphatic heterocycles. The summed E-state index contributed by atoms with van der Waals surface area (Å²) in [7, 11) is 0. The van der Waals surface area contributed by atoms with Gasteiger partial charge in [-0.3, -0.25) is 14.4 Å². The first-order chi connectivity index (χ1) is 12.0. The second-order valence-corrected chi connectivity index (χ2v) is 6.64. The van der Waals surface area contributed by atoms with Crippen LogP contribution in [-0.2, 0) is 14.4 Å². The topological polar surface area (TPSA) is 94.9 Å². The summed E-state index contributed by atoms with van der Waals surface area (Å²) in [5.41, 5.74) is 0. The molecule has 0 spiro atoms. The predicted octanol–water partition coefficient (Wildman–Crippen LogP) is 3.43. The molecule has 6 nitrogen and oxygen atoms in total. The number of unbranched alkanes of at least 4 members (excludes halogenated alkanes) is 10. The Balaban J connectivity index is 0. The maximum absolute atomic E-state index is 12.0. The van der Waals surface area contributed by atoms with Gasteiger partial charge in [0.2, 0.25) is 5.91 Å². The van der Waals surface area contributed by atoms with Crippen molar-refractivity contribution in [2.45, 2.75) is 90.4 Å². The fourth-order valence-corrected chi connectivity index (χ4v) is 2.78. The van der Waals surface area contributed by atoms with Gasteiger partial charge in [0.1, 0.15) is 6.54 Å². The molecule has 0 aromatic heterocycles. The van der Waals surface area contributed by atoms with Crippen molar-refractivity contribution in [1.82, 2.24) is 4.90 Å². The van der Waals surface area contributed by atoms with Gasteiger partial charge >= 0.3 is 41.5 Å². The number of hydrogen-bond acceptors (Lipinski definition) is 3. The summed E-state index contributed by atoms with van der Waals surface area (Å²) in [5, 5.41) is 17.5. The minimum absolute atomic E-state index is 0. The number of carboxylic acid groups (broad SMARTS) is 2. The van der Waals surface area contributed by atoms with Crippen molar-refractivity contribution in [3.63, 3.8) is 0 Å². The van der Waals surface area contributed by atoms with Gasteiger partial charge in [0, 0.05) is 13.0 Å². The fourth-order valence-electron chi connectivity index (χ4n) is 2.78. The van der Waals surface area contributed by atoms with E-state index in [9.17, 15) is 14.4 Å². The molecule has 7 heteroatoms. The van der Waals surface area contributed by atoms with Crippen molar-refractivity contribution in [1.29, 1.82) is 0 Å². The van der Waals surface area contributed by atoms with Crippen LogP contribution in [0.1, 0.15) is 90.4 Å². The molecule has 0 unspecified atom stereocenters. The van der Waals surface area contributed by atoms with E-state index in [0.29, 0.717) is 6.42 Å². The van der Waals surface area contributed by atoms with E-state index in [4.69, 9.17) is 10.2 Å². The summed E-state index contributed by atoms with van der Waals surface area (Å²) in [6.45, 7) is 1.75. The van der Waals surface area contributed by atoms with Crippen molar-refractivity contribution in [2.24, 2.45) is 0 Å². The second kappa shape index (κ2) is 19.2. The van der Waals surface area contributed by atoms with Gasteiger partial charge in [-0.2, -0.15) is 0 Å². The van der Waals surface area contributed by atoms with Gasteiger partial charge in [-0.05, 0) is 6.42 Å². The molecule has 148 valence electrons. The van der Waals surface area contributed by atoms with E-state index in [1.54, 1.807) is 0 Å². The number of rotatable bonds is 17. The van der Waals surface area contributed by atoms with Gasteiger partial charge in [-0.1, -0.05) is 71.1 Å². The van der Waals surface area contributed by atoms with Crippen molar-refractivity contribution in [3.8, 4) is 0 Å². The third-order valence-electron chi connectivity index (χ3n) is 4.27. The molecule has 0 aromatic carbocycles. The monoisotopic (exact) mass is 381 g/mol. The molecule has 0 rings (SSSR count). The average molecular weight is 381 g/mol. The summed E-state index contributed by atoms with van der Waals surface area (Å²) in [4.78, 5) is 34.5. The third kappa shape index (κ3) is 18.2. The van der Waals surface area contributed by atoms with Crippen molar-refractivity contribution < 1.29 is 24.6 Å². The van der Waals surface area contributed by atoms with E-state index in [0.717, 1.165) is 24.2 Å². The van der Waals surface area contributed by atoms with E-state index in [1.165, 1.54) is 51.4 Å². The van der Waals surface area contributed by atoms with Gasteiger partial charge in [-0.15, -0.1) is 0 Å². The standard InChI is InChI=1S/C19H35NO5.Na.H/c1-2-3-4-5-6-7-8-9-10-11-12-13-17(21)20(16-19(24)25)15-14-18(22)23;;/h2-16H2,1H3,(H,22,23)(H,24,25);;. The molecule has 0 atom stereocenters. The summed E-state index contributed by atoms with van der Waals surface area (Å²) in [6.07, 6.45) is 13.2. The van der Waals surface area contributed by atoms with E-state index in [-0.39, 0.29) is 48.4 Å². The molecular weight excluding hydrogens is 345 g/mol. The van der Waals surface area contributed by atoms with Crippen molar-refractivity contribution in [3.05, 3.63) is 0 Å². The number of carbonyl (C=O) groups excluding carboxylic acids is 1. The number of carbonyl (C=O) groups is 3. The summed E-state index contributed by atoms with van der Waals surface area (Å²) < 4.78 is 0. The molecule has 0 saturated heterocycles. The summed E-state index contributed by atoms with van der Waals surface area (Å²) in [5.74, 6) is -2.41. The molecule has 0 fully saturated rings. The zero-order valence-corrected chi connectivity index (χ0v) is 15.7. The van der Waals surface area contributed by atoms with Crippen molar-refractivity contribution >= 4 is 47.4 Å². The average Bonchev–Trinajstić information content (AvgIpc) is 2.55. The number of carboxylic acids is 2. The molecule has 0 aromatic rings. The van der Waals surface area contributed by atoms with Crippen LogP contribution in [0, 0.1) is 0 Å². The van der Waals surface area contributed by atoms with Crippen LogP contribution in [0.4, 0.5) is 0 Å². The Morgan fingerprint density at radius 1 is 0.692 bits per heavy atom. The molecular formula is C19H36NNaO5. The van der Waals surface area contributed by atoms with Crippen LogP contribution in [0.3, 0.4) is 0 Å². The number of nitrogens with zero attached hydrogens (tertiary/aromatic N) is 1. The molecule has 0 saturated carbocycles. The molecule has 1 amide bonds. The Morgan fingerprint density at radius 3 is 1.58 bits per heavy atom. The molecule has 2 N–H and O–H groups in total. The van der Waals surface area contributed by atoms with Crippen molar-refractivity contribution in [2.75, 3.05) is 13.1 Å². The summed E-state index contributed by atoms with van der Waals surface area (Å²) in [6, 6.07) is 0. The number of aliphatic carboxylic acids is 2. The molecule has 26 heavy (non-hydrogen) atoms. The van der Waals surface area contributed by atoms with Crippen LogP contribution in [0.2, 0.25) is 0 Å². The zero-order chi connectivity index (χ0) is 18.9. The van der Waals surface area contributed by atoms with Gasteiger partial charge < -0.3 is 15.1 Å². The second-order valence-electron chi connectivity index (χ2n) is 6.64. The Bertz CT molecular complexity index is 390. The SMILES string of the molecule is CCCCCCCCCCCCCC(=O)N(CCC(=O)O)CC(=O)O.[NaH]. The number of amides is 1. The van der Waals surface area contributed by atoms with Crippen LogP contribution in [0.5, 0.6) is 0 Å². The van der Waals surface area contributed by atoms with Crippen LogP contribution in [-0.4, -0.2) is 75.6 Å². The Hall–Kier alpha value is -0.590. The summed E-state index contributed by atoms with van der Waals surface area (Å²) >= 11 is 0. The third-order valence-corrected chi connectivity index (χ3v) is 4.27. The Labute approximate surface area is 180 Å². The van der Waals surface area contributed by atoms with E-state index in [2.05, 4.69) is 6.92 Å². The van der Waals surface area contributed by atoms with E-state index < -0.39 is 18.5 Å². The van der Waals surface area contributed by atoms with Crippen LogP contribution in [0.15, 0.2) is 0 Å². The normalized spacial score (nSPS) is 10.2.